The van der Waals surface area contributed by atoms with Crippen LogP contribution in [0.5, 0.6) is 0 Å². The Labute approximate surface area is 141 Å². The molecule has 3 aliphatic heterocycles. The smallest absolute Gasteiger partial charge is 0.236 e. The second kappa shape index (κ2) is 6.54. The standard InChI is InChI=1S/C18H18N6/c1-4-10-22(11-5-1)16-19-17(23-12-6-2-7-13-23)21-18(20-16)24-14-8-3-9-15-24/h1-10,12,14H,11,13,15H2. The highest BCUT2D eigenvalue weighted by molar-refractivity contribution is 5.53. The van der Waals surface area contributed by atoms with Gasteiger partial charge in [-0.05, 0) is 18.2 Å². The molecular formula is C18H18N6. The summed E-state index contributed by atoms with van der Waals surface area (Å²) in [4.78, 5) is 20.0. The van der Waals surface area contributed by atoms with Gasteiger partial charge >= 0.3 is 0 Å². The van der Waals surface area contributed by atoms with Gasteiger partial charge in [-0.25, -0.2) is 0 Å². The molecule has 0 N–H and O–H groups in total. The van der Waals surface area contributed by atoms with Gasteiger partial charge in [-0.1, -0.05) is 36.5 Å². The average molecular weight is 318 g/mol. The number of aromatic nitrogens is 3. The highest BCUT2D eigenvalue weighted by Crippen LogP contribution is 2.22. The first kappa shape index (κ1) is 14.4. The zero-order valence-corrected chi connectivity index (χ0v) is 13.2. The maximum atomic E-state index is 4.67. The Morgan fingerprint density at radius 1 is 0.500 bits per heavy atom. The zero-order chi connectivity index (χ0) is 16.2. The SMILES string of the molecule is C1=CCN(c2nc(N3C=CC=CC3)nc(N3C=CC=CC3)n2)C=C1. The molecule has 6 heteroatoms. The van der Waals surface area contributed by atoms with Crippen LogP contribution >= 0.6 is 0 Å². The Morgan fingerprint density at radius 3 is 1.08 bits per heavy atom. The average Bonchev–Trinajstić information content (AvgIpc) is 2.70. The summed E-state index contributed by atoms with van der Waals surface area (Å²) in [6.07, 6.45) is 24.2. The van der Waals surface area contributed by atoms with Crippen LogP contribution < -0.4 is 14.7 Å². The third-order valence-electron chi connectivity index (χ3n) is 3.82. The molecule has 120 valence electrons. The molecule has 1 aromatic rings. The van der Waals surface area contributed by atoms with E-state index in [2.05, 4.69) is 33.2 Å². The van der Waals surface area contributed by atoms with Crippen molar-refractivity contribution in [2.45, 2.75) is 0 Å². The Bertz CT molecular complexity index is 670. The summed E-state index contributed by atoms with van der Waals surface area (Å²) in [5.74, 6) is 1.96. The summed E-state index contributed by atoms with van der Waals surface area (Å²) in [6.45, 7) is 2.26. The number of hydrogen-bond donors (Lipinski definition) is 0. The van der Waals surface area contributed by atoms with Crippen molar-refractivity contribution >= 4 is 17.8 Å². The van der Waals surface area contributed by atoms with Crippen LogP contribution in [-0.2, 0) is 0 Å². The Kier molecular flexibility index (Phi) is 3.93. The number of hydrogen-bond acceptors (Lipinski definition) is 6. The minimum absolute atomic E-state index is 0.654. The Balaban J connectivity index is 1.72. The highest BCUT2D eigenvalue weighted by Gasteiger charge is 2.18. The molecule has 1 aromatic heterocycles. The zero-order valence-electron chi connectivity index (χ0n) is 13.2. The van der Waals surface area contributed by atoms with Crippen LogP contribution in [0, 0.1) is 0 Å². The van der Waals surface area contributed by atoms with E-state index in [1.54, 1.807) is 0 Å². The molecular weight excluding hydrogens is 300 g/mol. The first-order valence-electron chi connectivity index (χ1n) is 7.96. The van der Waals surface area contributed by atoms with E-state index in [0.717, 1.165) is 19.6 Å². The molecule has 24 heavy (non-hydrogen) atoms. The summed E-state index contributed by atoms with van der Waals surface area (Å²) in [7, 11) is 0. The number of nitrogens with zero attached hydrogens (tertiary/aromatic N) is 6. The van der Waals surface area contributed by atoms with Crippen molar-refractivity contribution in [2.75, 3.05) is 34.3 Å². The normalized spacial score (nSPS) is 18.8. The third-order valence-corrected chi connectivity index (χ3v) is 3.82. The van der Waals surface area contributed by atoms with Gasteiger partial charge in [0.05, 0.1) is 0 Å². The van der Waals surface area contributed by atoms with Crippen LogP contribution in [0.4, 0.5) is 17.8 Å². The number of allylic oxidation sites excluding steroid dienone is 6. The van der Waals surface area contributed by atoms with Crippen molar-refractivity contribution in [1.82, 2.24) is 15.0 Å². The molecule has 0 saturated carbocycles. The van der Waals surface area contributed by atoms with Crippen molar-refractivity contribution in [3.63, 3.8) is 0 Å². The third kappa shape index (κ3) is 2.99. The molecule has 3 aliphatic rings. The lowest BCUT2D eigenvalue weighted by atomic mass is 10.3. The van der Waals surface area contributed by atoms with Crippen LogP contribution in [-0.4, -0.2) is 34.6 Å². The van der Waals surface area contributed by atoms with E-state index in [-0.39, 0.29) is 0 Å². The second-order valence-corrected chi connectivity index (χ2v) is 5.50. The van der Waals surface area contributed by atoms with Crippen molar-refractivity contribution < 1.29 is 0 Å². The van der Waals surface area contributed by atoms with Crippen molar-refractivity contribution in [1.29, 1.82) is 0 Å². The maximum Gasteiger partial charge on any atom is 0.236 e. The summed E-state index contributed by atoms with van der Waals surface area (Å²) in [6, 6.07) is 0. The van der Waals surface area contributed by atoms with Crippen molar-refractivity contribution in [3.05, 3.63) is 73.3 Å². The molecule has 0 atom stereocenters. The fraction of sp³-hybridized carbons (Fsp3) is 0.167. The monoisotopic (exact) mass is 318 g/mol. The van der Waals surface area contributed by atoms with Gasteiger partial charge in [0.25, 0.3) is 0 Å². The Hall–Kier alpha value is -3.15. The number of anilines is 3. The molecule has 0 aliphatic carbocycles. The molecule has 4 rings (SSSR count). The first-order valence-corrected chi connectivity index (χ1v) is 7.96. The molecule has 6 nitrogen and oxygen atoms in total. The molecule has 0 unspecified atom stereocenters. The summed E-state index contributed by atoms with van der Waals surface area (Å²) < 4.78 is 0. The molecule has 0 radical (unpaired) electrons. The van der Waals surface area contributed by atoms with E-state index in [9.17, 15) is 0 Å². The Morgan fingerprint density at radius 2 is 0.833 bits per heavy atom. The lowest BCUT2D eigenvalue weighted by molar-refractivity contribution is 0.871. The lowest BCUT2D eigenvalue weighted by Gasteiger charge is -2.25. The summed E-state index contributed by atoms with van der Waals surface area (Å²) >= 11 is 0. The molecule has 0 bridgehead atoms. The van der Waals surface area contributed by atoms with E-state index in [0.29, 0.717) is 17.8 Å². The van der Waals surface area contributed by atoms with Crippen LogP contribution in [0.2, 0.25) is 0 Å². The van der Waals surface area contributed by atoms with E-state index in [1.165, 1.54) is 0 Å². The van der Waals surface area contributed by atoms with Crippen LogP contribution in [0.25, 0.3) is 0 Å². The van der Waals surface area contributed by atoms with Gasteiger partial charge in [-0.2, -0.15) is 15.0 Å². The summed E-state index contributed by atoms with van der Waals surface area (Å²) in [5, 5.41) is 0. The van der Waals surface area contributed by atoms with Gasteiger partial charge in [0, 0.05) is 38.2 Å². The van der Waals surface area contributed by atoms with Gasteiger partial charge < -0.3 is 14.7 Å². The molecule has 0 spiro atoms. The van der Waals surface area contributed by atoms with Gasteiger partial charge in [-0.15, -0.1) is 0 Å². The first-order chi connectivity index (χ1) is 11.9. The van der Waals surface area contributed by atoms with Gasteiger partial charge in [0.1, 0.15) is 0 Å². The molecule has 4 heterocycles. The van der Waals surface area contributed by atoms with Gasteiger partial charge in [0.15, 0.2) is 0 Å². The van der Waals surface area contributed by atoms with Gasteiger partial charge in [-0.3, -0.25) is 0 Å². The highest BCUT2D eigenvalue weighted by atomic mass is 15.4. The van der Waals surface area contributed by atoms with Crippen molar-refractivity contribution in [3.8, 4) is 0 Å². The predicted octanol–water partition coefficient (Wildman–Crippen LogP) is 2.54. The molecule has 0 saturated heterocycles. The van der Waals surface area contributed by atoms with Crippen LogP contribution in [0.1, 0.15) is 0 Å². The topological polar surface area (TPSA) is 48.4 Å². The van der Waals surface area contributed by atoms with E-state index in [1.807, 2.05) is 69.8 Å². The molecule has 0 fully saturated rings. The largest absolute Gasteiger partial charge is 0.313 e. The van der Waals surface area contributed by atoms with E-state index < -0.39 is 0 Å². The summed E-state index contributed by atoms with van der Waals surface area (Å²) in [5.41, 5.74) is 0. The van der Waals surface area contributed by atoms with E-state index >= 15 is 0 Å². The number of rotatable bonds is 3. The molecule has 0 aromatic carbocycles. The molecule has 0 amide bonds. The fourth-order valence-corrected chi connectivity index (χ4v) is 2.58. The second-order valence-electron chi connectivity index (χ2n) is 5.50. The quantitative estimate of drug-likeness (QED) is 0.853. The van der Waals surface area contributed by atoms with E-state index in [4.69, 9.17) is 0 Å². The van der Waals surface area contributed by atoms with Crippen LogP contribution in [0.3, 0.4) is 0 Å². The minimum Gasteiger partial charge on any atom is -0.313 e. The lowest BCUT2D eigenvalue weighted by Crippen LogP contribution is -2.28. The fourth-order valence-electron chi connectivity index (χ4n) is 2.58. The minimum atomic E-state index is 0.654. The predicted molar refractivity (Wildman–Crippen MR) is 96.7 cm³/mol. The van der Waals surface area contributed by atoms with Crippen molar-refractivity contribution in [2.24, 2.45) is 0 Å². The van der Waals surface area contributed by atoms with Gasteiger partial charge in [0.2, 0.25) is 17.8 Å². The van der Waals surface area contributed by atoms with Crippen LogP contribution in [0.15, 0.2) is 73.3 Å². The maximum absolute atomic E-state index is 4.67.